The average Bonchev–Trinajstić information content (AvgIpc) is 2.39. The van der Waals surface area contributed by atoms with Crippen molar-refractivity contribution < 1.29 is 0 Å². The van der Waals surface area contributed by atoms with Gasteiger partial charge in [0.25, 0.3) is 0 Å². The molecular formula is C17H21N. The van der Waals surface area contributed by atoms with Crippen LogP contribution < -0.4 is 5.32 Å². The molecule has 1 aliphatic carbocycles. The minimum absolute atomic E-state index is 0.247. The molecule has 0 aromatic carbocycles. The van der Waals surface area contributed by atoms with Crippen LogP contribution in [0.25, 0.3) is 0 Å². The molecule has 1 unspecified atom stereocenters. The van der Waals surface area contributed by atoms with Crippen LogP contribution in [0.5, 0.6) is 0 Å². The van der Waals surface area contributed by atoms with Crippen LogP contribution in [0, 0.1) is 23.7 Å². The second-order valence-electron chi connectivity index (χ2n) is 5.24. The quantitative estimate of drug-likeness (QED) is 0.584. The Balaban J connectivity index is 2.34. The Hall–Kier alpha value is -1.68. The molecule has 1 aliphatic heterocycles. The molecule has 94 valence electrons. The molecule has 1 fully saturated rings. The summed E-state index contributed by atoms with van der Waals surface area (Å²) < 4.78 is 0. The molecule has 1 heterocycles. The standard InChI is InChI=1S/C17H21N/c1-4-9-17(10-5-2)11-12-18-16-8-7-14(6-3)13-15(16)17/h3-5,7-8,15,18H,1-2,9-13H2. The fourth-order valence-corrected chi connectivity index (χ4v) is 3.32. The summed E-state index contributed by atoms with van der Waals surface area (Å²) in [7, 11) is 0. The Bertz CT molecular complexity index is 435. The molecule has 0 amide bonds. The lowest BCUT2D eigenvalue weighted by Crippen LogP contribution is -2.44. The zero-order valence-corrected chi connectivity index (χ0v) is 10.9. The largest absolute Gasteiger partial charge is 0.388 e. The maximum atomic E-state index is 5.55. The van der Waals surface area contributed by atoms with Crippen LogP contribution in [0.3, 0.4) is 0 Å². The van der Waals surface area contributed by atoms with E-state index >= 15 is 0 Å². The lowest BCUT2D eigenvalue weighted by atomic mass is 9.62. The van der Waals surface area contributed by atoms with E-state index in [0.717, 1.165) is 37.8 Å². The summed E-state index contributed by atoms with van der Waals surface area (Å²) in [5.74, 6) is 3.28. The molecule has 1 saturated heterocycles. The molecule has 0 bridgehead atoms. The Morgan fingerprint density at radius 1 is 1.39 bits per heavy atom. The van der Waals surface area contributed by atoms with Gasteiger partial charge in [-0.3, -0.25) is 0 Å². The van der Waals surface area contributed by atoms with Crippen molar-refractivity contribution in [2.75, 3.05) is 6.54 Å². The molecule has 1 atom stereocenters. The maximum absolute atomic E-state index is 5.55. The van der Waals surface area contributed by atoms with E-state index in [1.807, 2.05) is 12.2 Å². The number of terminal acetylenes is 1. The molecular weight excluding hydrogens is 218 g/mol. The van der Waals surface area contributed by atoms with Crippen molar-refractivity contribution >= 4 is 0 Å². The highest BCUT2D eigenvalue weighted by Crippen LogP contribution is 2.48. The molecule has 1 nitrogen and oxygen atoms in total. The van der Waals surface area contributed by atoms with E-state index in [1.54, 1.807) is 0 Å². The predicted octanol–water partition coefficient (Wildman–Crippen LogP) is 3.58. The van der Waals surface area contributed by atoms with E-state index in [4.69, 9.17) is 6.42 Å². The van der Waals surface area contributed by atoms with Gasteiger partial charge in [-0.2, -0.15) is 0 Å². The lowest BCUT2D eigenvalue weighted by molar-refractivity contribution is 0.142. The molecule has 0 aromatic heterocycles. The molecule has 1 N–H and O–H groups in total. The van der Waals surface area contributed by atoms with Gasteiger partial charge in [-0.1, -0.05) is 18.1 Å². The van der Waals surface area contributed by atoms with Crippen molar-refractivity contribution in [3.05, 3.63) is 48.7 Å². The van der Waals surface area contributed by atoms with Crippen molar-refractivity contribution in [2.45, 2.75) is 25.7 Å². The fraction of sp³-hybridized carbons (Fsp3) is 0.412. The van der Waals surface area contributed by atoms with Crippen LogP contribution in [0.4, 0.5) is 0 Å². The molecule has 0 aromatic rings. The van der Waals surface area contributed by atoms with Gasteiger partial charge in [-0.25, -0.2) is 0 Å². The third-order valence-electron chi connectivity index (χ3n) is 4.24. The normalized spacial score (nSPS) is 24.7. The fourth-order valence-electron chi connectivity index (χ4n) is 3.32. The van der Waals surface area contributed by atoms with Gasteiger partial charge in [-0.15, -0.1) is 19.6 Å². The molecule has 0 radical (unpaired) electrons. The lowest BCUT2D eigenvalue weighted by Gasteiger charge is -2.46. The van der Waals surface area contributed by atoms with Gasteiger partial charge in [0.1, 0.15) is 0 Å². The van der Waals surface area contributed by atoms with Crippen LogP contribution in [0.2, 0.25) is 0 Å². The number of piperidine rings is 1. The van der Waals surface area contributed by atoms with Crippen LogP contribution in [0.15, 0.2) is 48.7 Å². The van der Waals surface area contributed by atoms with Gasteiger partial charge in [0.05, 0.1) is 0 Å². The topological polar surface area (TPSA) is 12.0 Å². The zero-order valence-electron chi connectivity index (χ0n) is 10.9. The number of hydrogen-bond acceptors (Lipinski definition) is 1. The van der Waals surface area contributed by atoms with E-state index < -0.39 is 0 Å². The first-order valence-corrected chi connectivity index (χ1v) is 6.59. The predicted molar refractivity (Wildman–Crippen MR) is 77.8 cm³/mol. The third kappa shape index (κ3) is 2.16. The second-order valence-corrected chi connectivity index (χ2v) is 5.24. The Morgan fingerprint density at radius 2 is 2.11 bits per heavy atom. The first-order chi connectivity index (χ1) is 8.75. The molecule has 2 aliphatic rings. The van der Waals surface area contributed by atoms with E-state index in [1.165, 1.54) is 5.70 Å². The van der Waals surface area contributed by atoms with Crippen molar-refractivity contribution in [3.63, 3.8) is 0 Å². The van der Waals surface area contributed by atoms with E-state index in [9.17, 15) is 0 Å². The van der Waals surface area contributed by atoms with E-state index in [0.29, 0.717) is 5.92 Å². The first-order valence-electron chi connectivity index (χ1n) is 6.59. The van der Waals surface area contributed by atoms with Gasteiger partial charge in [0.2, 0.25) is 0 Å². The van der Waals surface area contributed by atoms with E-state index in [-0.39, 0.29) is 5.41 Å². The third-order valence-corrected chi connectivity index (χ3v) is 4.24. The van der Waals surface area contributed by atoms with Crippen molar-refractivity contribution in [1.29, 1.82) is 0 Å². The highest BCUT2D eigenvalue weighted by atomic mass is 14.9. The summed E-state index contributed by atoms with van der Waals surface area (Å²) in [6.45, 7) is 8.89. The summed E-state index contributed by atoms with van der Waals surface area (Å²) in [6, 6.07) is 0. The van der Waals surface area contributed by atoms with Crippen LogP contribution in [0.1, 0.15) is 25.7 Å². The van der Waals surface area contributed by atoms with Crippen LogP contribution in [-0.4, -0.2) is 6.54 Å². The van der Waals surface area contributed by atoms with Gasteiger partial charge in [0.15, 0.2) is 0 Å². The number of rotatable bonds is 4. The Morgan fingerprint density at radius 3 is 2.72 bits per heavy atom. The first kappa shape index (κ1) is 12.8. The number of allylic oxidation sites excluding steroid dienone is 6. The minimum Gasteiger partial charge on any atom is -0.388 e. The average molecular weight is 239 g/mol. The van der Waals surface area contributed by atoms with Crippen molar-refractivity contribution in [1.82, 2.24) is 5.32 Å². The summed E-state index contributed by atoms with van der Waals surface area (Å²) >= 11 is 0. The Kier molecular flexibility index (Phi) is 3.77. The summed E-state index contributed by atoms with van der Waals surface area (Å²) in [4.78, 5) is 0. The summed E-state index contributed by atoms with van der Waals surface area (Å²) in [5.41, 5.74) is 2.69. The monoisotopic (exact) mass is 239 g/mol. The number of nitrogens with one attached hydrogen (secondary N) is 1. The molecule has 1 heteroatoms. The second kappa shape index (κ2) is 5.31. The maximum Gasteiger partial charge on any atom is 0.0149 e. The highest BCUT2D eigenvalue weighted by Gasteiger charge is 2.42. The molecule has 0 saturated carbocycles. The summed E-state index contributed by atoms with van der Waals surface area (Å²) in [5, 5.41) is 3.52. The summed E-state index contributed by atoms with van der Waals surface area (Å²) in [6.07, 6.45) is 18.0. The smallest absolute Gasteiger partial charge is 0.0149 e. The minimum atomic E-state index is 0.247. The van der Waals surface area contributed by atoms with Crippen LogP contribution >= 0.6 is 0 Å². The van der Waals surface area contributed by atoms with Gasteiger partial charge >= 0.3 is 0 Å². The van der Waals surface area contributed by atoms with Gasteiger partial charge in [-0.05, 0) is 43.3 Å². The Labute approximate surface area is 110 Å². The van der Waals surface area contributed by atoms with Crippen molar-refractivity contribution in [3.8, 4) is 12.3 Å². The molecule has 0 spiro atoms. The van der Waals surface area contributed by atoms with Gasteiger partial charge in [0, 0.05) is 23.7 Å². The molecule has 18 heavy (non-hydrogen) atoms. The van der Waals surface area contributed by atoms with Crippen molar-refractivity contribution in [2.24, 2.45) is 11.3 Å². The highest BCUT2D eigenvalue weighted by molar-refractivity contribution is 5.38. The number of hydrogen-bond donors (Lipinski definition) is 1. The van der Waals surface area contributed by atoms with Crippen LogP contribution in [-0.2, 0) is 0 Å². The number of fused-ring (bicyclic) bond motifs is 1. The SMILES string of the molecule is C#CC1=CC=C2NCCC(CC=C)(CC=C)C2C1. The molecule has 2 rings (SSSR count). The van der Waals surface area contributed by atoms with E-state index in [2.05, 4.69) is 36.5 Å². The van der Waals surface area contributed by atoms with Gasteiger partial charge < -0.3 is 5.32 Å². The zero-order chi connectivity index (χ0) is 13.0.